The summed E-state index contributed by atoms with van der Waals surface area (Å²) in [5, 5.41) is 0. The van der Waals surface area contributed by atoms with Crippen molar-refractivity contribution in [3.8, 4) is 11.8 Å². The number of hydrogen-bond donors (Lipinski definition) is 0. The Morgan fingerprint density at radius 2 is 1.79 bits per heavy atom. The fraction of sp³-hybridized carbons (Fsp3) is 0.824. The summed E-state index contributed by atoms with van der Waals surface area (Å²) in [7, 11) is 0. The fourth-order valence-corrected chi connectivity index (χ4v) is 1.87. The van der Waals surface area contributed by atoms with E-state index in [4.69, 9.17) is 4.74 Å². The average Bonchev–Trinajstić information content (AvgIpc) is 2.35. The van der Waals surface area contributed by atoms with E-state index in [-0.39, 0.29) is 12.1 Å². The van der Waals surface area contributed by atoms with Gasteiger partial charge in [0.15, 0.2) is 6.10 Å². The van der Waals surface area contributed by atoms with Crippen molar-refractivity contribution in [2.75, 3.05) is 0 Å². The fourth-order valence-electron chi connectivity index (χ4n) is 1.87. The minimum absolute atomic E-state index is 0.0902. The lowest BCUT2D eigenvalue weighted by molar-refractivity contribution is -0.147. The molecule has 0 amide bonds. The van der Waals surface area contributed by atoms with Gasteiger partial charge in [-0.05, 0) is 18.8 Å². The molecule has 0 aromatic heterocycles. The molecule has 1 unspecified atom stereocenters. The van der Waals surface area contributed by atoms with E-state index in [2.05, 4.69) is 32.6 Å². The molecular formula is C17H30O2. The van der Waals surface area contributed by atoms with Crippen LogP contribution >= 0.6 is 0 Å². The van der Waals surface area contributed by atoms with Gasteiger partial charge in [-0.25, -0.2) is 0 Å². The smallest absolute Gasteiger partial charge is 0.307 e. The average molecular weight is 266 g/mol. The summed E-state index contributed by atoms with van der Waals surface area (Å²) in [5.41, 5.74) is 0. The monoisotopic (exact) mass is 266 g/mol. The van der Waals surface area contributed by atoms with Crippen molar-refractivity contribution in [1.82, 2.24) is 0 Å². The zero-order valence-corrected chi connectivity index (χ0v) is 13.1. The van der Waals surface area contributed by atoms with E-state index >= 15 is 0 Å². The maximum Gasteiger partial charge on any atom is 0.307 e. The minimum Gasteiger partial charge on any atom is -0.449 e. The first-order valence-corrected chi connectivity index (χ1v) is 7.78. The topological polar surface area (TPSA) is 26.3 Å². The lowest BCUT2D eigenvalue weighted by Gasteiger charge is -2.14. The molecule has 0 saturated carbocycles. The van der Waals surface area contributed by atoms with Crippen LogP contribution in [0.1, 0.15) is 79.1 Å². The Bertz CT molecular complexity index is 283. The van der Waals surface area contributed by atoms with Crippen LogP contribution in [0.15, 0.2) is 0 Å². The van der Waals surface area contributed by atoms with Crippen LogP contribution in [0.3, 0.4) is 0 Å². The zero-order valence-electron chi connectivity index (χ0n) is 13.1. The summed E-state index contributed by atoms with van der Waals surface area (Å²) in [4.78, 5) is 11.7. The molecule has 0 spiro atoms. The molecule has 0 heterocycles. The number of carbonyl (C=O) groups is 1. The highest BCUT2D eigenvalue weighted by Gasteiger charge is 2.13. The number of unbranched alkanes of at least 4 members (excludes halogenated alkanes) is 4. The highest BCUT2D eigenvalue weighted by Crippen LogP contribution is 2.11. The van der Waals surface area contributed by atoms with Gasteiger partial charge in [-0.15, -0.1) is 0 Å². The van der Waals surface area contributed by atoms with Gasteiger partial charge in [0.25, 0.3) is 0 Å². The Morgan fingerprint density at radius 1 is 1.11 bits per heavy atom. The van der Waals surface area contributed by atoms with Gasteiger partial charge in [0.05, 0.1) is 0 Å². The van der Waals surface area contributed by atoms with E-state index < -0.39 is 0 Å². The maximum absolute atomic E-state index is 11.7. The number of rotatable bonds is 9. The zero-order chi connectivity index (χ0) is 14.5. The Balaban J connectivity index is 3.95. The van der Waals surface area contributed by atoms with Crippen LogP contribution in [0.5, 0.6) is 0 Å². The molecule has 19 heavy (non-hydrogen) atoms. The van der Waals surface area contributed by atoms with Gasteiger partial charge < -0.3 is 4.74 Å². The van der Waals surface area contributed by atoms with Crippen LogP contribution in [0.4, 0.5) is 0 Å². The molecule has 0 rings (SSSR count). The molecule has 0 fully saturated rings. The molecule has 110 valence electrons. The molecule has 0 N–H and O–H groups in total. The second-order valence-electron chi connectivity index (χ2n) is 5.45. The standard InChI is InChI=1S/C17H30O2/c1-5-7-9-10-11-13-17(18)19-16(12-8-6-2)14-15(3)4/h15-16H,5-7,9-11,13-14H2,1-4H3. The van der Waals surface area contributed by atoms with Crippen molar-refractivity contribution < 1.29 is 9.53 Å². The third-order valence-electron chi connectivity index (χ3n) is 2.88. The van der Waals surface area contributed by atoms with Gasteiger partial charge in [0, 0.05) is 12.8 Å². The first-order chi connectivity index (χ1) is 9.10. The van der Waals surface area contributed by atoms with Crippen LogP contribution in [0.2, 0.25) is 0 Å². The van der Waals surface area contributed by atoms with Crippen molar-refractivity contribution in [2.24, 2.45) is 5.92 Å². The predicted octanol–water partition coefficient (Wildman–Crippen LogP) is 4.72. The molecule has 0 aliphatic rings. The van der Waals surface area contributed by atoms with Crippen molar-refractivity contribution in [2.45, 2.75) is 85.2 Å². The van der Waals surface area contributed by atoms with Crippen molar-refractivity contribution in [3.05, 3.63) is 0 Å². The van der Waals surface area contributed by atoms with Gasteiger partial charge in [0.2, 0.25) is 0 Å². The predicted molar refractivity (Wildman–Crippen MR) is 80.8 cm³/mol. The molecule has 0 aliphatic heterocycles. The van der Waals surface area contributed by atoms with Crippen molar-refractivity contribution >= 4 is 5.97 Å². The van der Waals surface area contributed by atoms with E-state index in [1.807, 2.05) is 6.92 Å². The van der Waals surface area contributed by atoms with Crippen molar-refractivity contribution in [1.29, 1.82) is 0 Å². The summed E-state index contributed by atoms with van der Waals surface area (Å²) in [5.74, 6) is 6.47. The van der Waals surface area contributed by atoms with Crippen LogP contribution < -0.4 is 0 Å². The molecule has 0 aromatic rings. The molecule has 2 heteroatoms. The number of ether oxygens (including phenoxy) is 1. The summed E-state index contributed by atoms with van der Waals surface area (Å²) < 4.78 is 5.46. The van der Waals surface area contributed by atoms with E-state index in [0.29, 0.717) is 12.3 Å². The number of carbonyl (C=O) groups excluding carboxylic acids is 1. The molecule has 0 radical (unpaired) electrons. The minimum atomic E-state index is -0.219. The lowest BCUT2D eigenvalue weighted by Crippen LogP contribution is -2.18. The first kappa shape index (κ1) is 18.0. The molecule has 0 bridgehead atoms. The van der Waals surface area contributed by atoms with Crippen molar-refractivity contribution in [3.63, 3.8) is 0 Å². The largest absolute Gasteiger partial charge is 0.449 e. The Morgan fingerprint density at radius 3 is 2.37 bits per heavy atom. The normalized spacial score (nSPS) is 11.8. The number of hydrogen-bond acceptors (Lipinski definition) is 2. The Labute approximate surface area is 119 Å². The Hall–Kier alpha value is -0.970. The molecule has 2 nitrogen and oxygen atoms in total. The Kier molecular flexibility index (Phi) is 11.5. The van der Waals surface area contributed by atoms with E-state index in [0.717, 1.165) is 25.7 Å². The summed E-state index contributed by atoms with van der Waals surface area (Å²) in [6.07, 6.45) is 7.72. The first-order valence-electron chi connectivity index (χ1n) is 7.78. The number of esters is 1. The summed E-state index contributed by atoms with van der Waals surface area (Å²) in [6, 6.07) is 0. The molecule has 1 atom stereocenters. The van der Waals surface area contributed by atoms with Crippen LogP contribution in [0, 0.1) is 17.8 Å². The maximum atomic E-state index is 11.7. The summed E-state index contributed by atoms with van der Waals surface area (Å²) >= 11 is 0. The van der Waals surface area contributed by atoms with Gasteiger partial charge in [0.1, 0.15) is 0 Å². The molecular weight excluding hydrogens is 236 g/mol. The second-order valence-corrected chi connectivity index (χ2v) is 5.45. The lowest BCUT2D eigenvalue weighted by atomic mass is 10.1. The highest BCUT2D eigenvalue weighted by atomic mass is 16.5. The van der Waals surface area contributed by atoms with Crippen LogP contribution in [-0.2, 0) is 9.53 Å². The van der Waals surface area contributed by atoms with Crippen LogP contribution in [-0.4, -0.2) is 12.1 Å². The quantitative estimate of drug-likeness (QED) is 0.343. The molecule has 0 aromatic carbocycles. The van der Waals surface area contributed by atoms with Crippen LogP contribution in [0.25, 0.3) is 0 Å². The molecule has 0 saturated heterocycles. The van der Waals surface area contributed by atoms with Gasteiger partial charge in [-0.3, -0.25) is 4.79 Å². The van der Waals surface area contributed by atoms with Gasteiger partial charge in [-0.2, -0.15) is 0 Å². The van der Waals surface area contributed by atoms with E-state index in [1.54, 1.807) is 0 Å². The summed E-state index contributed by atoms with van der Waals surface area (Å²) in [6.45, 7) is 8.45. The third kappa shape index (κ3) is 11.8. The van der Waals surface area contributed by atoms with Gasteiger partial charge >= 0.3 is 5.97 Å². The van der Waals surface area contributed by atoms with E-state index in [9.17, 15) is 4.79 Å². The van der Waals surface area contributed by atoms with E-state index in [1.165, 1.54) is 19.3 Å². The van der Waals surface area contributed by atoms with Gasteiger partial charge in [-0.1, -0.05) is 65.2 Å². The third-order valence-corrected chi connectivity index (χ3v) is 2.88. The second kappa shape index (κ2) is 12.1. The molecule has 0 aliphatic carbocycles. The highest BCUT2D eigenvalue weighted by molar-refractivity contribution is 5.69. The SMILES string of the molecule is CCC#CC(CC(C)C)OC(=O)CCCCCCC.